The summed E-state index contributed by atoms with van der Waals surface area (Å²) < 4.78 is 19.0. The van der Waals surface area contributed by atoms with Crippen molar-refractivity contribution in [1.29, 1.82) is 0 Å². The van der Waals surface area contributed by atoms with Crippen LogP contribution < -0.4 is 4.74 Å². The van der Waals surface area contributed by atoms with E-state index in [1.165, 1.54) is 14.2 Å². The Kier molecular flexibility index (Phi) is 5.66. The first kappa shape index (κ1) is 14.0. The summed E-state index contributed by atoms with van der Waals surface area (Å²) in [4.78, 5) is 22.6. The topological polar surface area (TPSA) is 71.1 Å². The van der Waals surface area contributed by atoms with Crippen LogP contribution in [-0.4, -0.2) is 39.6 Å². The molecule has 0 aliphatic carbocycles. The van der Waals surface area contributed by atoms with E-state index in [0.29, 0.717) is 0 Å². The van der Waals surface area contributed by atoms with Gasteiger partial charge in [-0.15, -0.1) is 0 Å². The lowest BCUT2D eigenvalue weighted by Crippen LogP contribution is -2.17. The average molecular weight is 254 g/mol. The van der Waals surface area contributed by atoms with E-state index in [4.69, 9.17) is 4.74 Å². The number of para-hydroxylation sites is 1. The number of carbonyl (C=O) groups excluding carboxylic acids is 2. The van der Waals surface area contributed by atoms with Crippen molar-refractivity contribution in [1.82, 2.24) is 0 Å². The molecule has 0 saturated heterocycles. The molecule has 0 aliphatic heterocycles. The summed E-state index contributed by atoms with van der Waals surface area (Å²) in [6.45, 7) is -0.446. The van der Waals surface area contributed by atoms with Crippen molar-refractivity contribution in [3.63, 3.8) is 0 Å². The quantitative estimate of drug-likeness (QED) is 0.557. The second kappa shape index (κ2) is 7.29. The van der Waals surface area contributed by atoms with Crippen molar-refractivity contribution in [2.24, 2.45) is 0 Å². The van der Waals surface area contributed by atoms with Crippen LogP contribution in [0.25, 0.3) is 0 Å². The van der Waals surface area contributed by atoms with E-state index in [1.54, 1.807) is 24.3 Å². The molecular weight excluding hydrogens is 240 g/mol. The number of esters is 2. The molecule has 0 aliphatic rings. The van der Waals surface area contributed by atoms with Gasteiger partial charge in [0.1, 0.15) is 11.3 Å². The Bertz CT molecular complexity index is 415. The molecule has 0 bridgehead atoms. The first-order valence-corrected chi connectivity index (χ1v) is 5.13. The summed E-state index contributed by atoms with van der Waals surface area (Å²) in [7, 11) is 2.67. The average Bonchev–Trinajstić information content (AvgIpc) is 2.42. The van der Waals surface area contributed by atoms with Crippen LogP contribution >= 0.6 is 0 Å². The largest absolute Gasteiger partial charge is 0.481 e. The van der Waals surface area contributed by atoms with Crippen LogP contribution in [0.1, 0.15) is 10.4 Å². The molecule has 0 N–H and O–H groups in total. The highest BCUT2D eigenvalue weighted by Crippen LogP contribution is 2.18. The van der Waals surface area contributed by atoms with Gasteiger partial charge in [0, 0.05) is 7.11 Å². The van der Waals surface area contributed by atoms with Crippen LogP contribution in [0, 0.1) is 0 Å². The second-order valence-corrected chi connectivity index (χ2v) is 3.20. The molecule has 1 aromatic carbocycles. The van der Waals surface area contributed by atoms with Gasteiger partial charge in [-0.1, -0.05) is 12.1 Å². The van der Waals surface area contributed by atoms with Gasteiger partial charge in [-0.05, 0) is 12.1 Å². The third-order valence-electron chi connectivity index (χ3n) is 1.98. The van der Waals surface area contributed by atoms with Gasteiger partial charge in [0.15, 0.2) is 13.4 Å². The van der Waals surface area contributed by atoms with E-state index in [9.17, 15) is 9.59 Å². The van der Waals surface area contributed by atoms with Gasteiger partial charge >= 0.3 is 11.9 Å². The van der Waals surface area contributed by atoms with Crippen LogP contribution in [0.5, 0.6) is 5.75 Å². The summed E-state index contributed by atoms with van der Waals surface area (Å²) in [5, 5.41) is 0. The fourth-order valence-corrected chi connectivity index (χ4v) is 1.17. The van der Waals surface area contributed by atoms with Gasteiger partial charge in [-0.3, -0.25) is 0 Å². The molecule has 0 fully saturated rings. The maximum atomic E-state index is 11.4. The fourth-order valence-electron chi connectivity index (χ4n) is 1.17. The molecule has 18 heavy (non-hydrogen) atoms. The molecule has 0 saturated carbocycles. The highest BCUT2D eigenvalue weighted by molar-refractivity contribution is 5.92. The zero-order valence-electron chi connectivity index (χ0n) is 10.2. The molecule has 0 spiro atoms. The zero-order chi connectivity index (χ0) is 13.4. The van der Waals surface area contributed by atoms with Gasteiger partial charge in [0.05, 0.1) is 7.11 Å². The Balaban J connectivity index is 2.61. The number of hydrogen-bond donors (Lipinski definition) is 0. The molecular formula is C12H14O6. The van der Waals surface area contributed by atoms with Crippen molar-refractivity contribution in [2.75, 3.05) is 27.6 Å². The highest BCUT2D eigenvalue weighted by Gasteiger charge is 2.13. The van der Waals surface area contributed by atoms with Crippen LogP contribution in [-0.2, 0) is 19.0 Å². The summed E-state index contributed by atoms with van der Waals surface area (Å²) in [5.74, 6) is -0.855. The molecule has 6 nitrogen and oxygen atoms in total. The smallest absolute Gasteiger partial charge is 0.346 e. The van der Waals surface area contributed by atoms with Crippen molar-refractivity contribution in [3.8, 4) is 5.75 Å². The van der Waals surface area contributed by atoms with E-state index >= 15 is 0 Å². The predicted molar refractivity (Wildman–Crippen MR) is 61.2 cm³/mol. The molecule has 0 amide bonds. The number of hydrogen-bond acceptors (Lipinski definition) is 6. The lowest BCUT2D eigenvalue weighted by Gasteiger charge is -2.09. The van der Waals surface area contributed by atoms with Crippen LogP contribution in [0.4, 0.5) is 0 Å². The van der Waals surface area contributed by atoms with E-state index in [2.05, 4.69) is 14.2 Å². The molecule has 98 valence electrons. The normalized spacial score (nSPS) is 9.67. The number of rotatable bonds is 6. The molecule has 0 unspecified atom stereocenters. The number of benzene rings is 1. The van der Waals surface area contributed by atoms with Crippen molar-refractivity contribution in [3.05, 3.63) is 29.8 Å². The first-order valence-electron chi connectivity index (χ1n) is 5.13. The monoisotopic (exact) mass is 254 g/mol. The molecule has 1 rings (SSSR count). The first-order chi connectivity index (χ1) is 8.69. The van der Waals surface area contributed by atoms with E-state index in [1.807, 2.05) is 0 Å². The third kappa shape index (κ3) is 4.06. The summed E-state index contributed by atoms with van der Waals surface area (Å²) >= 11 is 0. The minimum absolute atomic E-state index is 0.138. The van der Waals surface area contributed by atoms with Crippen LogP contribution in [0.15, 0.2) is 24.3 Å². The van der Waals surface area contributed by atoms with Crippen molar-refractivity contribution in [2.45, 2.75) is 0 Å². The van der Waals surface area contributed by atoms with E-state index in [-0.39, 0.29) is 24.7 Å². The molecule has 0 heterocycles. The maximum Gasteiger partial charge on any atom is 0.346 e. The third-order valence-corrected chi connectivity index (χ3v) is 1.98. The molecule has 0 aromatic heterocycles. The Morgan fingerprint density at radius 3 is 2.56 bits per heavy atom. The van der Waals surface area contributed by atoms with Gasteiger partial charge in [-0.2, -0.15) is 0 Å². The summed E-state index contributed by atoms with van der Waals surface area (Å²) in [6, 6.07) is 6.46. The number of ether oxygens (including phenoxy) is 4. The van der Waals surface area contributed by atoms with Crippen molar-refractivity contribution >= 4 is 11.9 Å². The van der Waals surface area contributed by atoms with E-state index < -0.39 is 11.9 Å². The Morgan fingerprint density at radius 1 is 1.17 bits per heavy atom. The summed E-state index contributed by atoms with van der Waals surface area (Å²) in [6.07, 6.45) is 0. The molecule has 0 radical (unpaired) electrons. The fraction of sp³-hybridized carbons (Fsp3) is 0.333. The van der Waals surface area contributed by atoms with Gasteiger partial charge in [-0.25, -0.2) is 9.59 Å². The van der Waals surface area contributed by atoms with Gasteiger partial charge in [0.25, 0.3) is 0 Å². The summed E-state index contributed by atoms with van der Waals surface area (Å²) in [5.41, 5.74) is 0.250. The number of carbonyl (C=O) groups is 2. The SMILES string of the molecule is COCOC(=O)COc1ccccc1C(=O)OC. The van der Waals surface area contributed by atoms with Crippen molar-refractivity contribution < 1.29 is 28.5 Å². The number of methoxy groups -OCH3 is 2. The standard InChI is InChI=1S/C12H14O6/c1-15-8-18-11(13)7-17-10-6-4-3-5-9(10)12(14)16-2/h3-6H,7-8H2,1-2H3. The van der Waals surface area contributed by atoms with Crippen LogP contribution in [0.2, 0.25) is 0 Å². The van der Waals surface area contributed by atoms with Crippen LogP contribution in [0.3, 0.4) is 0 Å². The Hall–Kier alpha value is -2.08. The Morgan fingerprint density at radius 2 is 1.89 bits per heavy atom. The predicted octanol–water partition coefficient (Wildman–Crippen LogP) is 0.999. The van der Waals surface area contributed by atoms with E-state index in [0.717, 1.165) is 0 Å². The highest BCUT2D eigenvalue weighted by atomic mass is 16.7. The molecule has 1 aromatic rings. The molecule has 0 atom stereocenters. The minimum atomic E-state index is -0.587. The van der Waals surface area contributed by atoms with Gasteiger partial charge < -0.3 is 18.9 Å². The maximum absolute atomic E-state index is 11.4. The Labute approximate surface area is 104 Å². The lowest BCUT2D eigenvalue weighted by molar-refractivity contribution is -0.156. The zero-order valence-corrected chi connectivity index (χ0v) is 10.2. The van der Waals surface area contributed by atoms with Gasteiger partial charge in [0.2, 0.25) is 0 Å². The minimum Gasteiger partial charge on any atom is -0.481 e. The second-order valence-electron chi connectivity index (χ2n) is 3.20. The molecule has 6 heteroatoms. The lowest BCUT2D eigenvalue weighted by atomic mass is 10.2.